The second-order valence-corrected chi connectivity index (χ2v) is 8.90. The van der Waals surface area contributed by atoms with Gasteiger partial charge in [-0.15, -0.1) is 0 Å². The molecule has 3 aromatic rings. The van der Waals surface area contributed by atoms with Crippen molar-refractivity contribution in [2.24, 2.45) is 0 Å². The normalized spacial score (nSPS) is 12.3. The number of alkyl halides is 3. The van der Waals surface area contributed by atoms with Crippen LogP contribution in [0.1, 0.15) is 31.0 Å². The number of hydrogen-bond acceptors (Lipinski definition) is 3. The van der Waals surface area contributed by atoms with Crippen molar-refractivity contribution in [3.8, 4) is 17.1 Å². The van der Waals surface area contributed by atoms with Gasteiger partial charge in [0.1, 0.15) is 5.82 Å². The second kappa shape index (κ2) is 8.02. The molecule has 0 aliphatic heterocycles. The van der Waals surface area contributed by atoms with Gasteiger partial charge in [0.05, 0.1) is 4.90 Å². The summed E-state index contributed by atoms with van der Waals surface area (Å²) in [7, 11) is -3.40. The average molecular weight is 422 g/mol. The van der Waals surface area contributed by atoms with Crippen molar-refractivity contribution in [1.82, 2.24) is 9.55 Å². The maximum atomic E-state index is 13.3. The Balaban J connectivity index is 2.06. The van der Waals surface area contributed by atoms with Crippen LogP contribution >= 0.6 is 0 Å². The molecule has 154 valence electrons. The van der Waals surface area contributed by atoms with E-state index in [1.54, 1.807) is 12.1 Å². The van der Waals surface area contributed by atoms with Crippen molar-refractivity contribution in [2.45, 2.75) is 37.3 Å². The molecule has 4 nitrogen and oxygen atoms in total. The molecule has 1 aromatic heterocycles. The van der Waals surface area contributed by atoms with Crippen molar-refractivity contribution in [2.75, 3.05) is 6.26 Å². The van der Waals surface area contributed by atoms with Gasteiger partial charge in [0.2, 0.25) is 0 Å². The summed E-state index contributed by atoms with van der Waals surface area (Å²) in [5.74, 6) is 0.145. The summed E-state index contributed by atoms with van der Waals surface area (Å²) in [6.07, 6.45) is 0.422. The molecule has 0 amide bonds. The molecule has 0 spiro atoms. The minimum atomic E-state index is -4.59. The lowest BCUT2D eigenvalue weighted by molar-refractivity contribution is -0.140. The Bertz CT molecular complexity index is 1080. The molecule has 0 radical (unpaired) electrons. The van der Waals surface area contributed by atoms with Gasteiger partial charge in [-0.2, -0.15) is 13.2 Å². The number of sulfone groups is 1. The molecule has 0 bridgehead atoms. The minimum Gasteiger partial charge on any atom is -0.299 e. The zero-order valence-electron chi connectivity index (χ0n) is 16.1. The van der Waals surface area contributed by atoms with Gasteiger partial charge in [-0.25, -0.2) is 13.4 Å². The Hall–Kier alpha value is -2.61. The number of benzene rings is 2. The fourth-order valence-electron chi connectivity index (χ4n) is 2.97. The Kier molecular flexibility index (Phi) is 5.84. The molecule has 3 rings (SSSR count). The van der Waals surface area contributed by atoms with Gasteiger partial charge in [-0.3, -0.25) is 4.57 Å². The largest absolute Gasteiger partial charge is 0.434 e. The lowest BCUT2D eigenvalue weighted by Gasteiger charge is -2.09. The topological polar surface area (TPSA) is 52.0 Å². The van der Waals surface area contributed by atoms with Crippen LogP contribution in [0, 0.1) is 0 Å². The summed E-state index contributed by atoms with van der Waals surface area (Å²) in [6, 6.07) is 13.0. The van der Waals surface area contributed by atoms with Gasteiger partial charge >= 0.3 is 6.18 Å². The van der Waals surface area contributed by atoms with E-state index in [9.17, 15) is 21.6 Å². The highest BCUT2D eigenvalue weighted by Crippen LogP contribution is 2.33. The van der Waals surface area contributed by atoms with Crippen molar-refractivity contribution in [1.29, 1.82) is 0 Å². The number of halogens is 3. The lowest BCUT2D eigenvalue weighted by Crippen LogP contribution is -2.05. The van der Waals surface area contributed by atoms with E-state index in [0.29, 0.717) is 11.3 Å². The van der Waals surface area contributed by atoms with E-state index in [1.807, 2.05) is 12.1 Å². The van der Waals surface area contributed by atoms with Gasteiger partial charge in [-0.1, -0.05) is 37.6 Å². The zero-order valence-corrected chi connectivity index (χ0v) is 16.9. The van der Waals surface area contributed by atoms with E-state index in [4.69, 9.17) is 0 Å². The molecule has 0 fully saturated rings. The maximum Gasteiger partial charge on any atom is 0.434 e. The van der Waals surface area contributed by atoms with Crippen LogP contribution in [-0.2, 0) is 22.4 Å². The molecule has 0 N–H and O–H groups in total. The quantitative estimate of drug-likeness (QED) is 0.541. The predicted octanol–water partition coefficient (Wildman–Crippen LogP) is 5.30. The molecule has 0 saturated carbocycles. The van der Waals surface area contributed by atoms with Crippen LogP contribution in [0.2, 0.25) is 0 Å². The number of unbranched alkanes of at least 4 members (excludes halogenated alkanes) is 1. The lowest BCUT2D eigenvalue weighted by atomic mass is 10.1. The Labute approximate surface area is 167 Å². The van der Waals surface area contributed by atoms with E-state index >= 15 is 0 Å². The molecule has 8 heteroatoms. The van der Waals surface area contributed by atoms with Crippen molar-refractivity contribution in [3.63, 3.8) is 0 Å². The van der Waals surface area contributed by atoms with Crippen molar-refractivity contribution in [3.05, 3.63) is 66.0 Å². The van der Waals surface area contributed by atoms with E-state index in [1.165, 1.54) is 28.8 Å². The molecule has 29 heavy (non-hydrogen) atoms. The summed E-state index contributed by atoms with van der Waals surface area (Å²) < 4.78 is 64.5. The highest BCUT2D eigenvalue weighted by Gasteiger charge is 2.35. The minimum absolute atomic E-state index is 0.0965. The van der Waals surface area contributed by atoms with Gasteiger partial charge in [0.15, 0.2) is 15.5 Å². The van der Waals surface area contributed by atoms with Gasteiger partial charge in [-0.05, 0) is 42.7 Å². The van der Waals surface area contributed by atoms with Crippen LogP contribution in [0.5, 0.6) is 0 Å². The van der Waals surface area contributed by atoms with Crippen molar-refractivity contribution < 1.29 is 21.6 Å². The summed E-state index contributed by atoms with van der Waals surface area (Å²) >= 11 is 0. The van der Waals surface area contributed by atoms with E-state index < -0.39 is 21.7 Å². The van der Waals surface area contributed by atoms with Crippen LogP contribution < -0.4 is 0 Å². The van der Waals surface area contributed by atoms with Crippen LogP contribution in [0.25, 0.3) is 17.1 Å². The third-order valence-corrected chi connectivity index (χ3v) is 5.70. The summed E-state index contributed by atoms with van der Waals surface area (Å²) in [5.41, 5.74) is 1.05. The fourth-order valence-corrected chi connectivity index (χ4v) is 3.60. The third kappa shape index (κ3) is 4.87. The summed E-state index contributed by atoms with van der Waals surface area (Å²) in [4.78, 5) is 3.91. The van der Waals surface area contributed by atoms with Crippen LogP contribution in [0.4, 0.5) is 13.2 Å². The zero-order chi connectivity index (χ0) is 21.2. The van der Waals surface area contributed by atoms with Crippen LogP contribution in [0.15, 0.2) is 59.6 Å². The number of rotatable bonds is 6. The molecular weight excluding hydrogens is 401 g/mol. The fraction of sp³-hybridized carbons (Fsp3) is 0.286. The van der Waals surface area contributed by atoms with Gasteiger partial charge in [0.25, 0.3) is 0 Å². The van der Waals surface area contributed by atoms with Crippen LogP contribution in [-0.4, -0.2) is 24.2 Å². The first-order valence-electron chi connectivity index (χ1n) is 9.16. The molecule has 0 aliphatic rings. The van der Waals surface area contributed by atoms with E-state index in [-0.39, 0.29) is 10.7 Å². The highest BCUT2D eigenvalue weighted by atomic mass is 32.2. The molecule has 0 atom stereocenters. The molecule has 0 unspecified atom stereocenters. The van der Waals surface area contributed by atoms with Crippen molar-refractivity contribution >= 4 is 9.84 Å². The van der Waals surface area contributed by atoms with Gasteiger partial charge < -0.3 is 0 Å². The summed E-state index contributed by atoms with van der Waals surface area (Å²) in [6.45, 7) is 2.10. The molecule has 1 heterocycles. The van der Waals surface area contributed by atoms with Crippen LogP contribution in [0.3, 0.4) is 0 Å². The Morgan fingerprint density at radius 3 is 2.14 bits per heavy atom. The Morgan fingerprint density at radius 2 is 1.62 bits per heavy atom. The predicted molar refractivity (Wildman–Crippen MR) is 106 cm³/mol. The Morgan fingerprint density at radius 1 is 1.00 bits per heavy atom. The first kappa shape index (κ1) is 21.1. The second-order valence-electron chi connectivity index (χ2n) is 6.88. The maximum absolute atomic E-state index is 13.3. The SMILES string of the molecule is CCCCc1ccc(-c2nc(C(F)(F)F)cn2-c2ccc(S(C)(=O)=O)cc2)cc1. The molecule has 2 aromatic carbocycles. The molecule has 0 saturated heterocycles. The number of aromatic nitrogens is 2. The first-order chi connectivity index (χ1) is 13.6. The number of imidazole rings is 1. The number of aryl methyl sites for hydroxylation is 1. The third-order valence-electron chi connectivity index (χ3n) is 4.57. The monoisotopic (exact) mass is 422 g/mol. The molecular formula is C21H21F3N2O2S. The van der Waals surface area contributed by atoms with Gasteiger partial charge in [0, 0.05) is 23.7 Å². The smallest absolute Gasteiger partial charge is 0.299 e. The van der Waals surface area contributed by atoms with E-state index in [2.05, 4.69) is 11.9 Å². The standard InChI is InChI=1S/C21H21F3N2O2S/c1-3-4-5-15-6-8-16(9-7-15)20-25-19(21(22,23)24)14-26(20)17-10-12-18(13-11-17)29(2,27)28/h6-14H,3-5H2,1-2H3. The molecule has 0 aliphatic carbocycles. The average Bonchev–Trinajstić information content (AvgIpc) is 3.12. The number of hydrogen-bond donors (Lipinski definition) is 0. The first-order valence-corrected chi connectivity index (χ1v) is 11.0. The van der Waals surface area contributed by atoms with E-state index in [0.717, 1.165) is 37.3 Å². The summed E-state index contributed by atoms with van der Waals surface area (Å²) in [5, 5.41) is 0. The number of nitrogens with zero attached hydrogens (tertiary/aromatic N) is 2. The highest BCUT2D eigenvalue weighted by molar-refractivity contribution is 7.90.